The van der Waals surface area contributed by atoms with E-state index in [-0.39, 0.29) is 31.1 Å². The molecule has 0 aliphatic carbocycles. The minimum atomic E-state index is -1.76. The van der Waals surface area contributed by atoms with Crippen LogP contribution in [-0.4, -0.2) is 81.0 Å². The van der Waals surface area contributed by atoms with Crippen LogP contribution in [0, 0.1) is 13.5 Å². The molecule has 2 aliphatic heterocycles. The summed E-state index contributed by atoms with van der Waals surface area (Å²) in [5.74, 6) is -0.704. The maximum Gasteiger partial charge on any atom is 0.351 e. The molecular formula is C28H37N6O6P. The van der Waals surface area contributed by atoms with E-state index in [0.717, 1.165) is 0 Å². The molecule has 220 valence electrons. The molecule has 2 fully saturated rings. The van der Waals surface area contributed by atoms with Gasteiger partial charge in [-0.15, -0.1) is 0 Å². The van der Waals surface area contributed by atoms with Crippen molar-refractivity contribution in [1.82, 2.24) is 19.1 Å². The second kappa shape index (κ2) is 12.3. The topological polar surface area (TPSA) is 120 Å². The number of ether oxygens (including phenoxy) is 1. The molecule has 0 spiro atoms. The van der Waals surface area contributed by atoms with Crippen molar-refractivity contribution < 1.29 is 24.7 Å². The van der Waals surface area contributed by atoms with Gasteiger partial charge in [-0.1, -0.05) is 18.2 Å². The van der Waals surface area contributed by atoms with Crippen LogP contribution in [0.1, 0.15) is 58.1 Å². The third-order valence-electron chi connectivity index (χ3n) is 7.05. The van der Waals surface area contributed by atoms with E-state index in [9.17, 15) is 14.4 Å². The quantitative estimate of drug-likeness (QED) is 0.241. The van der Waals surface area contributed by atoms with Gasteiger partial charge in [0, 0.05) is 37.8 Å². The Hall–Kier alpha value is -3.20. The highest BCUT2D eigenvalue weighted by atomic mass is 31.2. The van der Waals surface area contributed by atoms with E-state index >= 15 is 0 Å². The van der Waals surface area contributed by atoms with Gasteiger partial charge < -0.3 is 28.8 Å². The number of anilines is 1. The summed E-state index contributed by atoms with van der Waals surface area (Å²) in [5.41, 5.74) is -1.43. The molecule has 13 heteroatoms. The van der Waals surface area contributed by atoms with E-state index in [1.165, 1.54) is 15.7 Å². The molecule has 2 amide bonds. The number of hydrogen-bond acceptors (Lipinski definition) is 8. The van der Waals surface area contributed by atoms with Crippen LogP contribution >= 0.6 is 8.53 Å². The highest BCUT2D eigenvalue weighted by molar-refractivity contribution is 7.44. The molecule has 1 N–H and O–H groups in total. The van der Waals surface area contributed by atoms with Gasteiger partial charge in [0.2, 0.25) is 6.54 Å². The molecule has 1 unspecified atom stereocenters. The molecular weight excluding hydrogens is 547 g/mol. The Labute approximate surface area is 242 Å². The highest BCUT2D eigenvalue weighted by Gasteiger charge is 2.68. The summed E-state index contributed by atoms with van der Waals surface area (Å²) in [6.07, 6.45) is -0.397. The van der Waals surface area contributed by atoms with E-state index in [0.29, 0.717) is 11.1 Å². The third-order valence-corrected chi connectivity index (χ3v) is 9.17. The van der Waals surface area contributed by atoms with Crippen LogP contribution in [0.5, 0.6) is 0 Å². The van der Waals surface area contributed by atoms with Crippen LogP contribution in [0.15, 0.2) is 41.3 Å². The van der Waals surface area contributed by atoms with Gasteiger partial charge >= 0.3 is 5.69 Å². The molecule has 41 heavy (non-hydrogen) atoms. The van der Waals surface area contributed by atoms with Crippen molar-refractivity contribution in [3.8, 4) is 0 Å². The lowest BCUT2D eigenvalue weighted by Gasteiger charge is -2.37. The maximum absolute atomic E-state index is 13.4. The number of amides is 2. The summed E-state index contributed by atoms with van der Waals surface area (Å²) in [4.78, 5) is 48.4. The average molecular weight is 586 g/mol. The number of fused-ring (bicyclic) bond motifs is 2. The number of benzene rings is 1. The van der Waals surface area contributed by atoms with Crippen LogP contribution in [-0.2, 0) is 18.6 Å². The zero-order chi connectivity index (χ0) is 30.8. The van der Waals surface area contributed by atoms with Crippen LogP contribution in [0.2, 0.25) is 0 Å². The molecule has 2 saturated heterocycles. The second-order valence-electron chi connectivity index (χ2n) is 10.6. The number of carbonyl (C=O) groups excluding carboxylic acids is 2. The summed E-state index contributed by atoms with van der Waals surface area (Å²) >= 11 is 0. The Kier molecular flexibility index (Phi) is 8.82. The first kappa shape index (κ1) is 29.3. The predicted molar refractivity (Wildman–Crippen MR) is 154 cm³/mol. The zero-order valence-corrected chi connectivity index (χ0v) is 25.0. The maximum atomic E-state index is 13.4. The molecule has 1 aromatic heterocycles. The third kappa shape index (κ3) is 5.92. The number of hydrogen-bond donors (Lipinski definition) is 1. The van der Waals surface area contributed by atoms with Crippen molar-refractivity contribution in [3.05, 3.63) is 69.6 Å². The summed E-state index contributed by atoms with van der Waals surface area (Å²) in [7, 11) is -0.158. The number of nitrogens with zero attached hydrogens (tertiary/aromatic N) is 5. The molecule has 12 nitrogen and oxygen atoms in total. The number of likely N-dealkylation sites (tertiary alicyclic amines) is 1. The van der Waals surface area contributed by atoms with E-state index in [4.69, 9.17) is 21.7 Å². The van der Waals surface area contributed by atoms with Gasteiger partial charge in [-0.25, -0.2) is 16.0 Å². The fourth-order valence-electron chi connectivity index (χ4n) is 5.18. The van der Waals surface area contributed by atoms with Crippen molar-refractivity contribution >= 4 is 26.2 Å². The smallest absolute Gasteiger partial charge is 0.337 e. The monoisotopic (exact) mass is 585 g/mol. The molecule has 3 heterocycles. The molecule has 4 rings (SSSR count). The first-order valence-electron chi connectivity index (χ1n) is 14.1. The fourth-order valence-corrected chi connectivity index (χ4v) is 6.96. The largest absolute Gasteiger partial charge is 0.351 e. The van der Waals surface area contributed by atoms with E-state index in [2.05, 4.69) is 15.1 Å². The minimum Gasteiger partial charge on any atom is -0.337 e. The van der Waals surface area contributed by atoms with Crippen molar-refractivity contribution in [3.63, 3.8) is 0 Å². The Balaban J connectivity index is 1.67. The summed E-state index contributed by atoms with van der Waals surface area (Å²) in [5, 5.41) is 2.68. The molecule has 1 aromatic carbocycles. The summed E-state index contributed by atoms with van der Waals surface area (Å²) in [6.45, 7) is 16.7. The SMILES string of the molecule is [2H]C[C@@]12O[C@@H](n3cc(C)c(NC(=O)c4ccccc4)nc3=O)[C@@H]([C@@H]1OP(OCC[N+]#[C-])N(C(C)C)C(C)C)N(C)C2=O. The lowest BCUT2D eigenvalue weighted by molar-refractivity contribution is -0.171. The lowest BCUT2D eigenvalue weighted by atomic mass is 10.0. The van der Waals surface area contributed by atoms with Gasteiger partial charge in [0.15, 0.2) is 11.8 Å². The summed E-state index contributed by atoms with van der Waals surface area (Å²) < 4.78 is 30.6. The molecule has 0 radical (unpaired) electrons. The molecule has 2 bridgehead atoms. The fraction of sp³-hybridized carbons (Fsp3) is 0.536. The molecule has 5 atom stereocenters. The Morgan fingerprint density at radius 2 is 1.98 bits per heavy atom. The van der Waals surface area contributed by atoms with E-state index < -0.39 is 56.9 Å². The first-order chi connectivity index (χ1) is 20.0. The normalized spacial score (nSPS) is 24.7. The Morgan fingerprint density at radius 1 is 1.29 bits per heavy atom. The van der Waals surface area contributed by atoms with E-state index in [1.807, 2.05) is 32.4 Å². The average Bonchev–Trinajstić information content (AvgIpc) is 3.37. The molecule has 0 saturated carbocycles. The number of aromatic nitrogens is 2. The van der Waals surface area contributed by atoms with E-state index in [1.54, 1.807) is 44.3 Å². The Bertz CT molecular complexity index is 1390. The first-order valence-corrected chi connectivity index (χ1v) is 14.5. The van der Waals surface area contributed by atoms with Crippen molar-refractivity contribution in [2.24, 2.45) is 0 Å². The minimum absolute atomic E-state index is 0.0216. The van der Waals surface area contributed by atoms with Gasteiger partial charge in [-0.2, -0.15) is 4.98 Å². The number of carbonyl (C=O) groups is 2. The molecule has 2 aliphatic rings. The molecule has 2 aromatic rings. The number of aryl methyl sites for hydroxylation is 1. The van der Waals surface area contributed by atoms with Gasteiger partial charge in [0.1, 0.15) is 24.6 Å². The second-order valence-corrected chi connectivity index (χ2v) is 12.0. The standard InChI is InChI=1S/C28H37N6O6P/c1-17(2)34(18(3)4)41(38-15-14-29-7)40-22-21-25(39-28(22,6)26(36)32(21)8)33-16-19(5)23(31-27(33)37)30-24(35)20-12-10-9-11-13-20/h9-13,16-18,21-22,25H,14-15H2,1-6,8H3,(H,30,31,35,37)/t21-,22+,25-,28-,41?/m1/s1/i6D. The number of rotatable bonds is 11. The predicted octanol–water partition coefficient (Wildman–Crippen LogP) is 3.60. The summed E-state index contributed by atoms with van der Waals surface area (Å²) in [6, 6.07) is 7.86. The van der Waals surface area contributed by atoms with Crippen LogP contribution in [0.3, 0.4) is 0 Å². The van der Waals surface area contributed by atoms with Gasteiger partial charge in [-0.3, -0.25) is 14.2 Å². The Morgan fingerprint density at radius 3 is 2.59 bits per heavy atom. The number of nitrogens with one attached hydrogen (secondary N) is 1. The number of likely N-dealkylation sites (N-methyl/N-ethyl adjacent to an activating group) is 1. The van der Waals surface area contributed by atoms with Crippen molar-refractivity contribution in [2.75, 3.05) is 25.5 Å². The zero-order valence-electron chi connectivity index (χ0n) is 25.1. The van der Waals surface area contributed by atoms with Gasteiger partial charge in [0.25, 0.3) is 20.3 Å². The van der Waals surface area contributed by atoms with Gasteiger partial charge in [0.05, 0.1) is 0 Å². The van der Waals surface area contributed by atoms with Gasteiger partial charge in [-0.05, 0) is 53.7 Å². The van der Waals surface area contributed by atoms with Crippen LogP contribution in [0.4, 0.5) is 5.82 Å². The van der Waals surface area contributed by atoms with Crippen molar-refractivity contribution in [2.45, 2.75) is 77.6 Å². The highest BCUT2D eigenvalue weighted by Crippen LogP contribution is 2.55. The van der Waals surface area contributed by atoms with Crippen LogP contribution in [0.25, 0.3) is 4.85 Å². The lowest BCUT2D eigenvalue weighted by Crippen LogP contribution is -2.49. The van der Waals surface area contributed by atoms with Crippen molar-refractivity contribution in [1.29, 1.82) is 0 Å². The number of morpholine rings is 1. The van der Waals surface area contributed by atoms with Crippen LogP contribution < -0.4 is 11.0 Å².